The van der Waals surface area contributed by atoms with Crippen molar-refractivity contribution in [2.75, 3.05) is 0 Å². The zero-order valence-electron chi connectivity index (χ0n) is 16.3. The van der Waals surface area contributed by atoms with Gasteiger partial charge in [-0.3, -0.25) is 0 Å². The van der Waals surface area contributed by atoms with Crippen LogP contribution >= 0.6 is 0 Å². The third-order valence-electron chi connectivity index (χ3n) is 3.31. The fraction of sp³-hybridized carbons (Fsp3) is 1.00. The second kappa shape index (κ2) is 8.67. The van der Waals surface area contributed by atoms with Crippen molar-refractivity contribution in [1.29, 1.82) is 0 Å². The van der Waals surface area contributed by atoms with Gasteiger partial charge in [0.25, 0.3) is 0 Å². The molecule has 0 radical (unpaired) electrons. The summed E-state index contributed by atoms with van der Waals surface area (Å²) in [4.78, 5) is 0. The summed E-state index contributed by atoms with van der Waals surface area (Å²) in [7, 11) is 0. The average molecular weight is 502 g/mol. The van der Waals surface area contributed by atoms with Gasteiger partial charge in [0.1, 0.15) is 0 Å². The maximum atomic E-state index is 12.6. The van der Waals surface area contributed by atoms with Crippen molar-refractivity contribution in [3.05, 3.63) is 0 Å². The highest BCUT2D eigenvalue weighted by molar-refractivity contribution is 5.11. The molecule has 0 saturated carbocycles. The number of rotatable bonds is 5. The van der Waals surface area contributed by atoms with Crippen LogP contribution in [0.3, 0.4) is 0 Å². The molecule has 0 aromatic carbocycles. The Balaban J connectivity index is 0. The zero-order valence-corrected chi connectivity index (χ0v) is 16.3. The molecule has 0 saturated heterocycles. The number of halogens is 16. The molecule has 0 rings (SSSR count). The summed E-state index contributed by atoms with van der Waals surface area (Å²) in [5.41, 5.74) is 0.522. The Morgan fingerprint density at radius 2 is 0.613 bits per heavy atom. The predicted molar refractivity (Wildman–Crippen MR) is 75.8 cm³/mol. The first kappa shape index (κ1) is 32.1. The van der Waals surface area contributed by atoms with E-state index >= 15 is 0 Å². The molecule has 16 heteroatoms. The molecule has 190 valence electrons. The van der Waals surface area contributed by atoms with Crippen LogP contribution in [0.2, 0.25) is 0 Å². The van der Waals surface area contributed by atoms with Gasteiger partial charge in [-0.25, -0.2) is 0 Å². The smallest absolute Gasteiger partial charge is 0.192 e. The fourth-order valence-electron chi connectivity index (χ4n) is 2.17. The monoisotopic (exact) mass is 502 g/mol. The van der Waals surface area contributed by atoms with Crippen molar-refractivity contribution in [1.82, 2.24) is 0 Å². The molecule has 0 bridgehead atoms. The highest BCUT2D eigenvalue weighted by Crippen LogP contribution is 2.62. The van der Waals surface area contributed by atoms with Gasteiger partial charge in [-0.2, -0.15) is 70.2 Å². The van der Waals surface area contributed by atoms with E-state index in [1.165, 1.54) is 6.42 Å². The van der Waals surface area contributed by atoms with Crippen LogP contribution in [0.1, 0.15) is 41.0 Å². The molecule has 0 aliphatic rings. The molecule has 0 amide bonds. The molecule has 0 aliphatic heterocycles. The predicted octanol–water partition coefficient (Wildman–Crippen LogP) is 8.37. The molecular formula is C15H18F16. The van der Waals surface area contributed by atoms with E-state index in [1.807, 2.05) is 0 Å². The lowest BCUT2D eigenvalue weighted by atomic mass is 9.86. The molecule has 0 nitrogen and oxygen atoms in total. The zero-order chi connectivity index (χ0) is 26.3. The highest BCUT2D eigenvalue weighted by Gasteiger charge is 2.93. The minimum absolute atomic E-state index is 0.522. The first-order chi connectivity index (χ1) is 12.9. The normalized spacial score (nSPS) is 15.7. The number of hydrogen-bond acceptors (Lipinski definition) is 0. The van der Waals surface area contributed by atoms with Crippen LogP contribution in [0, 0.1) is 11.3 Å². The van der Waals surface area contributed by atoms with Gasteiger partial charge in [-0.1, -0.05) is 34.6 Å². The number of alkyl halides is 16. The Morgan fingerprint density at radius 3 is 0.710 bits per heavy atom. The molecule has 0 heterocycles. The minimum atomic E-state index is -8.43. The second-order valence-corrected chi connectivity index (χ2v) is 8.03. The number of hydrogen-bond donors (Lipinski definition) is 0. The molecule has 0 spiro atoms. The first-order valence-electron chi connectivity index (χ1n) is 7.94. The maximum absolute atomic E-state index is 12.6. The van der Waals surface area contributed by atoms with Crippen LogP contribution in [-0.2, 0) is 0 Å². The van der Waals surface area contributed by atoms with Crippen LogP contribution in [-0.4, -0.2) is 42.0 Å². The molecule has 0 aliphatic carbocycles. The van der Waals surface area contributed by atoms with Crippen molar-refractivity contribution >= 4 is 0 Å². The van der Waals surface area contributed by atoms with Crippen LogP contribution < -0.4 is 0 Å². The molecule has 0 aromatic heterocycles. The topological polar surface area (TPSA) is 0 Å². The summed E-state index contributed by atoms with van der Waals surface area (Å²) in [6.07, 6.45) is -14.0. The van der Waals surface area contributed by atoms with Crippen LogP contribution in [0.15, 0.2) is 0 Å². The van der Waals surface area contributed by atoms with Gasteiger partial charge in [0, 0.05) is 0 Å². The summed E-state index contributed by atoms with van der Waals surface area (Å²) in [6.45, 7) is 11.4. The lowest BCUT2D eigenvalue weighted by Crippen LogP contribution is -2.72. The van der Waals surface area contributed by atoms with Gasteiger partial charge in [-0.15, -0.1) is 0 Å². The van der Waals surface area contributed by atoms with E-state index in [9.17, 15) is 70.2 Å². The van der Waals surface area contributed by atoms with E-state index in [2.05, 4.69) is 34.6 Å². The van der Waals surface area contributed by atoms with Crippen LogP contribution in [0.5, 0.6) is 0 Å². The second-order valence-electron chi connectivity index (χ2n) is 8.03. The van der Waals surface area contributed by atoms with Gasteiger partial charge in [0.2, 0.25) is 0 Å². The van der Waals surface area contributed by atoms with Crippen LogP contribution in [0.4, 0.5) is 70.2 Å². The van der Waals surface area contributed by atoms with E-state index in [0.29, 0.717) is 5.41 Å². The van der Waals surface area contributed by atoms with Crippen molar-refractivity contribution in [2.24, 2.45) is 11.3 Å². The standard InChI is InChI=1S/C8H18.C7F16/c1-7(2)6-8(3,4)5;8-1(9,2(10,11)4(14,15)6(18,19)20)3(12,13)5(16,17)7(21,22)23/h7H,6H2,1-5H3;. The van der Waals surface area contributed by atoms with Gasteiger partial charge >= 0.3 is 42.0 Å². The summed E-state index contributed by atoms with van der Waals surface area (Å²) in [5, 5.41) is 0. The van der Waals surface area contributed by atoms with E-state index in [0.717, 1.165) is 5.92 Å². The van der Waals surface area contributed by atoms with E-state index in [4.69, 9.17) is 0 Å². The average Bonchev–Trinajstić information content (AvgIpc) is 2.41. The SMILES string of the molecule is CC(C)CC(C)(C)C.FC(F)(F)C(F)(F)C(F)(F)C(F)(F)C(F)(F)C(F)(F)C(F)(F)F. The Labute approximate surface area is 166 Å². The molecule has 0 N–H and O–H groups in total. The molecule has 31 heavy (non-hydrogen) atoms. The largest absolute Gasteiger partial charge is 0.460 e. The van der Waals surface area contributed by atoms with Crippen molar-refractivity contribution in [3.63, 3.8) is 0 Å². The fourth-order valence-corrected chi connectivity index (χ4v) is 2.17. The summed E-state index contributed by atoms with van der Waals surface area (Å²) >= 11 is 0. The Bertz CT molecular complexity index is 533. The van der Waals surface area contributed by atoms with Crippen molar-refractivity contribution in [2.45, 2.75) is 83.0 Å². The van der Waals surface area contributed by atoms with E-state index in [1.54, 1.807) is 0 Å². The third-order valence-corrected chi connectivity index (χ3v) is 3.31. The summed E-state index contributed by atoms with van der Waals surface area (Å²) < 4.78 is 193. The minimum Gasteiger partial charge on any atom is -0.192 e. The van der Waals surface area contributed by atoms with Crippen molar-refractivity contribution in [3.8, 4) is 0 Å². The van der Waals surface area contributed by atoms with Gasteiger partial charge in [0.05, 0.1) is 0 Å². The molecule has 0 fully saturated rings. The first-order valence-corrected chi connectivity index (χ1v) is 7.94. The Hall–Kier alpha value is -1.12. The van der Waals surface area contributed by atoms with Crippen molar-refractivity contribution < 1.29 is 70.2 Å². The third kappa shape index (κ3) is 6.23. The van der Waals surface area contributed by atoms with Crippen LogP contribution in [0.25, 0.3) is 0 Å². The lowest BCUT2D eigenvalue weighted by molar-refractivity contribution is -0.461. The summed E-state index contributed by atoms with van der Waals surface area (Å²) in [5.74, 6) is -40.4. The quantitative estimate of drug-likeness (QED) is 0.332. The molecule has 0 aromatic rings. The lowest BCUT2D eigenvalue weighted by Gasteiger charge is -2.39. The Kier molecular flexibility index (Phi) is 8.97. The van der Waals surface area contributed by atoms with Gasteiger partial charge < -0.3 is 0 Å². The van der Waals surface area contributed by atoms with Gasteiger partial charge in [0.15, 0.2) is 0 Å². The van der Waals surface area contributed by atoms with E-state index in [-0.39, 0.29) is 0 Å². The maximum Gasteiger partial charge on any atom is 0.460 e. The summed E-state index contributed by atoms with van der Waals surface area (Å²) in [6, 6.07) is 0. The van der Waals surface area contributed by atoms with Gasteiger partial charge in [-0.05, 0) is 17.8 Å². The van der Waals surface area contributed by atoms with E-state index < -0.39 is 42.0 Å². The molecular weight excluding hydrogens is 484 g/mol. The molecule has 0 unspecified atom stereocenters. The molecule has 0 atom stereocenters. The highest BCUT2D eigenvalue weighted by atomic mass is 19.4. The Morgan fingerprint density at radius 1 is 0.419 bits per heavy atom.